The molecule has 10 heteroatoms. The highest BCUT2D eigenvalue weighted by Gasteiger charge is 2.33. The lowest BCUT2D eigenvalue weighted by Crippen LogP contribution is -2.40. The van der Waals surface area contributed by atoms with Crippen LogP contribution in [0.25, 0.3) is 0 Å². The molecule has 1 aliphatic heterocycles. The van der Waals surface area contributed by atoms with Gasteiger partial charge in [-0.2, -0.15) is 5.10 Å². The highest BCUT2D eigenvalue weighted by Crippen LogP contribution is 2.38. The van der Waals surface area contributed by atoms with Gasteiger partial charge in [-0.3, -0.25) is 14.2 Å². The van der Waals surface area contributed by atoms with E-state index in [9.17, 15) is 13.2 Å². The minimum Gasteiger partial charge on any atom is -0.338 e. The third-order valence-electron chi connectivity index (χ3n) is 6.23. The number of fused-ring (bicyclic) bond motifs is 3. The Kier molecular flexibility index (Phi) is 4.59. The van der Waals surface area contributed by atoms with Gasteiger partial charge in [0.05, 0.1) is 12.7 Å². The smallest absolute Gasteiger partial charge is 0.273 e. The van der Waals surface area contributed by atoms with E-state index in [2.05, 4.69) is 21.2 Å². The molecule has 1 aromatic heterocycles. The quantitative estimate of drug-likeness (QED) is 0.697. The van der Waals surface area contributed by atoms with Gasteiger partial charge in [0.15, 0.2) is 5.11 Å². The molecule has 0 atom stereocenters. The third-order valence-corrected chi connectivity index (χ3v) is 7.91. The SMILES string of the molecule is CN1CCn2ncc(S(=O)(=O)NC(=S)Nc3c4c(cc5c3CCC5)CCC4)c2C1=O. The third kappa shape index (κ3) is 3.09. The van der Waals surface area contributed by atoms with Crippen LogP contribution < -0.4 is 10.0 Å². The Hall–Kier alpha value is -2.46. The number of nitrogens with zero attached hydrogens (tertiary/aromatic N) is 3. The van der Waals surface area contributed by atoms with E-state index in [1.807, 2.05) is 0 Å². The molecule has 0 saturated heterocycles. The molecule has 0 bridgehead atoms. The van der Waals surface area contributed by atoms with Gasteiger partial charge in [0.1, 0.15) is 10.6 Å². The van der Waals surface area contributed by atoms with Gasteiger partial charge in [-0.1, -0.05) is 6.07 Å². The number of carbonyl (C=O) groups is 1. The van der Waals surface area contributed by atoms with Crippen molar-refractivity contribution in [3.63, 3.8) is 0 Å². The normalized spacial score (nSPS) is 17.5. The number of likely N-dealkylation sites (N-methyl/N-ethyl adjacent to an activating group) is 1. The molecule has 0 spiro atoms. The number of aromatic nitrogens is 2. The topological polar surface area (TPSA) is 96.3 Å². The summed E-state index contributed by atoms with van der Waals surface area (Å²) in [6.07, 6.45) is 7.46. The monoisotopic (exact) mass is 445 g/mol. The number of hydrogen-bond acceptors (Lipinski definition) is 5. The first-order valence-corrected chi connectivity index (χ1v) is 12.1. The second kappa shape index (κ2) is 7.05. The summed E-state index contributed by atoms with van der Waals surface area (Å²) in [7, 11) is -2.40. The number of rotatable bonds is 3. The van der Waals surface area contributed by atoms with Crippen molar-refractivity contribution in [1.82, 2.24) is 19.4 Å². The maximum absolute atomic E-state index is 13.0. The summed E-state index contributed by atoms with van der Waals surface area (Å²) in [4.78, 5) is 13.8. The van der Waals surface area contributed by atoms with Crippen LogP contribution in [-0.2, 0) is 42.3 Å². The number of thiocarbonyl (C=S) groups is 1. The maximum Gasteiger partial charge on any atom is 0.273 e. The number of hydrogen-bond donors (Lipinski definition) is 2. The molecule has 0 fully saturated rings. The van der Waals surface area contributed by atoms with Crippen LogP contribution in [0.2, 0.25) is 0 Å². The molecule has 0 unspecified atom stereocenters. The number of anilines is 1. The molecular formula is C20H23N5O3S2. The van der Waals surface area contributed by atoms with E-state index in [1.54, 1.807) is 7.05 Å². The molecule has 5 rings (SSSR count). The molecule has 3 aliphatic rings. The first kappa shape index (κ1) is 19.5. The average molecular weight is 446 g/mol. The minimum absolute atomic E-state index is 0.0148. The minimum atomic E-state index is -4.05. The lowest BCUT2D eigenvalue weighted by Gasteiger charge is -2.24. The molecule has 1 amide bonds. The Bertz CT molecular complexity index is 1150. The van der Waals surface area contributed by atoms with Crippen molar-refractivity contribution in [2.75, 3.05) is 18.9 Å². The van der Waals surface area contributed by atoms with Gasteiger partial charge in [0.25, 0.3) is 15.9 Å². The van der Waals surface area contributed by atoms with E-state index in [0.29, 0.717) is 13.1 Å². The van der Waals surface area contributed by atoms with E-state index in [1.165, 1.54) is 38.0 Å². The van der Waals surface area contributed by atoms with E-state index in [-0.39, 0.29) is 21.6 Å². The van der Waals surface area contributed by atoms with Crippen LogP contribution in [0.3, 0.4) is 0 Å². The summed E-state index contributed by atoms with van der Waals surface area (Å²) in [5.41, 5.74) is 6.21. The maximum atomic E-state index is 13.0. The number of amides is 1. The van der Waals surface area contributed by atoms with E-state index >= 15 is 0 Å². The number of aryl methyl sites for hydroxylation is 2. The van der Waals surface area contributed by atoms with Crippen molar-refractivity contribution in [1.29, 1.82) is 0 Å². The zero-order chi connectivity index (χ0) is 21.0. The molecule has 1 aromatic carbocycles. The van der Waals surface area contributed by atoms with Gasteiger partial charge in [-0.05, 0) is 73.0 Å². The fourth-order valence-electron chi connectivity index (χ4n) is 4.76. The van der Waals surface area contributed by atoms with Crippen molar-refractivity contribution in [3.05, 3.63) is 40.2 Å². The van der Waals surface area contributed by atoms with Crippen LogP contribution in [0.5, 0.6) is 0 Å². The molecule has 2 aliphatic carbocycles. The Morgan fingerprint density at radius 2 is 1.77 bits per heavy atom. The summed E-state index contributed by atoms with van der Waals surface area (Å²) in [5.74, 6) is -0.364. The zero-order valence-electron chi connectivity index (χ0n) is 16.7. The Morgan fingerprint density at radius 3 is 2.43 bits per heavy atom. The summed E-state index contributed by atoms with van der Waals surface area (Å²) in [6, 6.07) is 2.31. The molecule has 8 nitrogen and oxygen atoms in total. The molecule has 158 valence electrons. The van der Waals surface area contributed by atoms with Crippen LogP contribution in [-0.4, -0.2) is 47.7 Å². The second-order valence-corrected chi connectivity index (χ2v) is 10.2. The first-order chi connectivity index (χ1) is 14.3. The first-order valence-electron chi connectivity index (χ1n) is 10.2. The van der Waals surface area contributed by atoms with Crippen molar-refractivity contribution >= 4 is 38.9 Å². The highest BCUT2D eigenvalue weighted by atomic mass is 32.2. The summed E-state index contributed by atoms with van der Waals surface area (Å²) in [6.45, 7) is 0.947. The number of carbonyl (C=O) groups excluding carboxylic acids is 1. The number of sulfonamides is 1. The van der Waals surface area contributed by atoms with Gasteiger partial charge in [0, 0.05) is 19.3 Å². The van der Waals surface area contributed by atoms with Gasteiger partial charge in [0.2, 0.25) is 0 Å². The van der Waals surface area contributed by atoms with Crippen LogP contribution in [0.4, 0.5) is 5.69 Å². The van der Waals surface area contributed by atoms with Gasteiger partial charge < -0.3 is 10.2 Å². The number of nitrogens with one attached hydrogen (secondary N) is 2. The standard InChI is InChI=1S/C20H23N5O3S2/c1-24-8-9-25-18(19(24)26)16(11-21-25)30(27,28)23-20(29)22-17-14-6-2-4-12(14)10-13-5-3-7-15(13)17/h10-11H,2-9H2,1H3,(H2,22,23,29). The summed E-state index contributed by atoms with van der Waals surface area (Å²) < 4.78 is 29.9. The van der Waals surface area contributed by atoms with Crippen molar-refractivity contribution < 1.29 is 13.2 Å². The molecule has 0 saturated carbocycles. The average Bonchev–Trinajstić information content (AvgIpc) is 3.42. The molecule has 2 aromatic rings. The van der Waals surface area contributed by atoms with Crippen molar-refractivity contribution in [2.24, 2.45) is 0 Å². The van der Waals surface area contributed by atoms with Crippen LogP contribution in [0.1, 0.15) is 45.6 Å². The van der Waals surface area contributed by atoms with Gasteiger partial charge in [-0.25, -0.2) is 8.42 Å². The van der Waals surface area contributed by atoms with E-state index in [4.69, 9.17) is 12.2 Å². The van der Waals surface area contributed by atoms with Crippen molar-refractivity contribution in [3.8, 4) is 0 Å². The number of benzene rings is 1. The molecule has 0 radical (unpaired) electrons. The summed E-state index contributed by atoms with van der Waals surface area (Å²) in [5, 5.41) is 7.27. The molecule has 30 heavy (non-hydrogen) atoms. The zero-order valence-corrected chi connectivity index (χ0v) is 18.3. The van der Waals surface area contributed by atoms with Gasteiger partial charge in [-0.15, -0.1) is 0 Å². The highest BCUT2D eigenvalue weighted by molar-refractivity contribution is 7.92. The lowest BCUT2D eigenvalue weighted by atomic mass is 9.99. The fourth-order valence-corrected chi connectivity index (χ4v) is 6.23. The Balaban J connectivity index is 1.43. The van der Waals surface area contributed by atoms with E-state index in [0.717, 1.165) is 44.2 Å². The molecule has 2 heterocycles. The fraction of sp³-hybridized carbons (Fsp3) is 0.450. The van der Waals surface area contributed by atoms with Crippen LogP contribution >= 0.6 is 12.2 Å². The molecular weight excluding hydrogens is 422 g/mol. The Labute approximate surface area is 180 Å². The van der Waals surface area contributed by atoms with E-state index < -0.39 is 10.0 Å². The lowest BCUT2D eigenvalue weighted by molar-refractivity contribution is 0.0738. The van der Waals surface area contributed by atoms with Gasteiger partial charge >= 0.3 is 0 Å². The largest absolute Gasteiger partial charge is 0.338 e. The second-order valence-electron chi connectivity index (χ2n) is 8.10. The van der Waals surface area contributed by atoms with Crippen LogP contribution in [0, 0.1) is 0 Å². The Morgan fingerprint density at radius 1 is 1.10 bits per heavy atom. The van der Waals surface area contributed by atoms with Crippen LogP contribution in [0.15, 0.2) is 17.2 Å². The molecule has 2 N–H and O–H groups in total. The predicted octanol–water partition coefficient (Wildman–Crippen LogP) is 1.62. The summed E-state index contributed by atoms with van der Waals surface area (Å²) >= 11 is 5.38. The van der Waals surface area contributed by atoms with Crippen molar-refractivity contribution in [2.45, 2.75) is 50.0 Å². The predicted molar refractivity (Wildman–Crippen MR) is 116 cm³/mol.